The molecule has 8 heteroatoms. The second kappa shape index (κ2) is 4.45. The van der Waals surface area contributed by atoms with Crippen LogP contribution >= 0.6 is 11.8 Å². The second-order valence-electron chi connectivity index (χ2n) is 4.35. The summed E-state index contributed by atoms with van der Waals surface area (Å²) in [7, 11) is 0. The summed E-state index contributed by atoms with van der Waals surface area (Å²) in [5.74, 6) is 1.24. The number of aromatic nitrogens is 5. The molecule has 0 aliphatic rings. The van der Waals surface area contributed by atoms with Crippen molar-refractivity contribution in [3.63, 3.8) is 0 Å². The number of nitrogens with zero attached hydrogens (tertiary/aromatic N) is 5. The Morgan fingerprint density at radius 1 is 1.19 bits per heavy atom. The van der Waals surface area contributed by atoms with E-state index in [9.17, 15) is 0 Å². The van der Waals surface area contributed by atoms with Crippen LogP contribution in [-0.2, 0) is 0 Å². The monoisotopic (exact) mass is 298 g/mol. The highest BCUT2D eigenvalue weighted by Gasteiger charge is 2.14. The Morgan fingerprint density at radius 3 is 2.95 bits per heavy atom. The fourth-order valence-electron chi connectivity index (χ4n) is 2.18. The number of furan rings is 1. The molecule has 2 N–H and O–H groups in total. The van der Waals surface area contributed by atoms with E-state index in [4.69, 9.17) is 10.2 Å². The molecule has 1 aromatic carbocycles. The lowest BCUT2D eigenvalue weighted by Crippen LogP contribution is -2.04. The van der Waals surface area contributed by atoms with Gasteiger partial charge in [-0.25, -0.2) is 0 Å². The van der Waals surface area contributed by atoms with Crippen LogP contribution in [-0.4, -0.2) is 30.8 Å². The highest BCUT2D eigenvalue weighted by atomic mass is 32.2. The molecule has 0 aliphatic heterocycles. The van der Waals surface area contributed by atoms with Crippen LogP contribution in [0.5, 0.6) is 0 Å². The minimum absolute atomic E-state index is 0.266. The largest absolute Gasteiger partial charge is 0.464 e. The van der Waals surface area contributed by atoms with E-state index in [0.717, 1.165) is 16.5 Å². The summed E-state index contributed by atoms with van der Waals surface area (Å²) in [6.45, 7) is 0. The predicted octanol–water partition coefficient (Wildman–Crippen LogP) is 2.24. The predicted molar refractivity (Wildman–Crippen MR) is 80.0 cm³/mol. The summed E-state index contributed by atoms with van der Waals surface area (Å²) >= 11 is 1.41. The van der Waals surface area contributed by atoms with Crippen LogP contribution in [0.15, 0.2) is 40.1 Å². The van der Waals surface area contributed by atoms with Crippen LogP contribution in [0, 0.1) is 0 Å². The van der Waals surface area contributed by atoms with E-state index in [2.05, 4.69) is 20.1 Å². The van der Waals surface area contributed by atoms with Gasteiger partial charge in [0.1, 0.15) is 5.58 Å². The molecule has 0 saturated heterocycles. The molecular formula is C13H10N6OS. The van der Waals surface area contributed by atoms with Gasteiger partial charge >= 0.3 is 0 Å². The van der Waals surface area contributed by atoms with E-state index >= 15 is 0 Å². The van der Waals surface area contributed by atoms with Gasteiger partial charge in [0, 0.05) is 10.9 Å². The maximum atomic E-state index is 5.89. The maximum absolute atomic E-state index is 5.89. The molecule has 0 radical (unpaired) electrons. The molecule has 0 atom stereocenters. The SMILES string of the molecule is CSc1nc(N)n2nc(-c3cccc4occc34)nc2n1. The molecule has 0 fully saturated rings. The Morgan fingerprint density at radius 2 is 2.10 bits per heavy atom. The number of rotatable bonds is 2. The van der Waals surface area contributed by atoms with Crippen molar-refractivity contribution in [3.05, 3.63) is 30.5 Å². The van der Waals surface area contributed by atoms with Crippen LogP contribution in [0.25, 0.3) is 28.1 Å². The van der Waals surface area contributed by atoms with Crippen LogP contribution in [0.4, 0.5) is 5.95 Å². The van der Waals surface area contributed by atoms with E-state index in [1.54, 1.807) is 6.26 Å². The van der Waals surface area contributed by atoms with Crippen molar-refractivity contribution in [2.75, 3.05) is 12.0 Å². The fourth-order valence-corrected chi connectivity index (χ4v) is 2.54. The van der Waals surface area contributed by atoms with Crippen LogP contribution in [0.1, 0.15) is 0 Å². The van der Waals surface area contributed by atoms with Crippen molar-refractivity contribution in [1.82, 2.24) is 24.6 Å². The molecule has 0 bridgehead atoms. The number of nitrogen functional groups attached to an aromatic ring is 1. The van der Waals surface area contributed by atoms with E-state index in [1.807, 2.05) is 30.5 Å². The van der Waals surface area contributed by atoms with Crippen LogP contribution in [0.2, 0.25) is 0 Å². The third-order valence-electron chi connectivity index (χ3n) is 3.13. The minimum atomic E-state index is 0.266. The number of anilines is 1. The zero-order valence-electron chi connectivity index (χ0n) is 11.0. The Balaban J connectivity index is 1.99. The Kier molecular flexibility index (Phi) is 2.58. The molecule has 4 rings (SSSR count). The number of nitrogens with two attached hydrogens (primary N) is 1. The van der Waals surface area contributed by atoms with Crippen molar-refractivity contribution in [1.29, 1.82) is 0 Å². The zero-order chi connectivity index (χ0) is 14.4. The molecule has 0 amide bonds. The van der Waals surface area contributed by atoms with Crippen molar-refractivity contribution in [3.8, 4) is 11.4 Å². The van der Waals surface area contributed by atoms with E-state index < -0.39 is 0 Å². The van der Waals surface area contributed by atoms with Gasteiger partial charge in [-0.3, -0.25) is 0 Å². The molecule has 3 aromatic heterocycles. The summed E-state index contributed by atoms with van der Waals surface area (Å²) in [5, 5.41) is 5.91. The van der Waals surface area contributed by atoms with Crippen molar-refractivity contribution < 1.29 is 4.42 Å². The summed E-state index contributed by atoms with van der Waals surface area (Å²) in [6, 6.07) is 7.62. The highest BCUT2D eigenvalue weighted by Crippen LogP contribution is 2.27. The molecule has 0 saturated carbocycles. The highest BCUT2D eigenvalue weighted by molar-refractivity contribution is 7.98. The molecule has 3 heterocycles. The average molecular weight is 298 g/mol. The van der Waals surface area contributed by atoms with Crippen molar-refractivity contribution in [2.45, 2.75) is 5.16 Å². The summed E-state index contributed by atoms with van der Waals surface area (Å²) in [5.41, 5.74) is 7.55. The number of hydrogen-bond acceptors (Lipinski definition) is 7. The maximum Gasteiger partial charge on any atom is 0.258 e. The summed E-state index contributed by atoms with van der Waals surface area (Å²) in [6.07, 6.45) is 3.53. The Bertz CT molecular complexity index is 960. The van der Waals surface area contributed by atoms with Gasteiger partial charge in [-0.1, -0.05) is 23.9 Å². The van der Waals surface area contributed by atoms with Gasteiger partial charge in [0.05, 0.1) is 6.26 Å². The smallest absolute Gasteiger partial charge is 0.258 e. The first-order valence-corrected chi connectivity index (χ1v) is 7.39. The molecule has 7 nitrogen and oxygen atoms in total. The normalized spacial score (nSPS) is 11.5. The zero-order valence-corrected chi connectivity index (χ0v) is 11.8. The number of thioether (sulfide) groups is 1. The minimum Gasteiger partial charge on any atom is -0.464 e. The first-order chi connectivity index (χ1) is 10.3. The molecule has 0 unspecified atom stereocenters. The average Bonchev–Trinajstić information content (AvgIpc) is 3.13. The number of fused-ring (bicyclic) bond motifs is 2. The van der Waals surface area contributed by atoms with Crippen molar-refractivity contribution in [2.24, 2.45) is 0 Å². The van der Waals surface area contributed by atoms with Gasteiger partial charge < -0.3 is 10.2 Å². The van der Waals surface area contributed by atoms with Gasteiger partial charge in [-0.15, -0.1) is 5.10 Å². The van der Waals surface area contributed by atoms with Gasteiger partial charge in [0.25, 0.3) is 5.78 Å². The molecule has 0 aliphatic carbocycles. The topological polar surface area (TPSA) is 95.1 Å². The van der Waals surface area contributed by atoms with Gasteiger partial charge in [-0.05, 0) is 18.4 Å². The van der Waals surface area contributed by atoms with E-state index in [-0.39, 0.29) is 5.95 Å². The molecule has 104 valence electrons. The van der Waals surface area contributed by atoms with Crippen LogP contribution in [0.3, 0.4) is 0 Å². The molecular weight excluding hydrogens is 288 g/mol. The lowest BCUT2D eigenvalue weighted by Gasteiger charge is -1.98. The standard InChI is InChI=1S/C13H10N6OS/c1-21-13-16-11(14)19-12(17-13)15-10(18-19)8-3-2-4-9-7(8)5-6-20-9/h2-6H,1H3,(H2,14,15,16,17,18). The number of hydrogen-bond donors (Lipinski definition) is 1. The lowest BCUT2D eigenvalue weighted by atomic mass is 10.1. The number of benzene rings is 1. The summed E-state index contributed by atoms with van der Waals surface area (Å²) < 4.78 is 6.83. The summed E-state index contributed by atoms with van der Waals surface area (Å²) in [4.78, 5) is 12.9. The van der Waals surface area contributed by atoms with E-state index in [1.165, 1.54) is 16.3 Å². The third kappa shape index (κ3) is 1.83. The molecule has 21 heavy (non-hydrogen) atoms. The van der Waals surface area contributed by atoms with Gasteiger partial charge in [0.15, 0.2) is 11.0 Å². The van der Waals surface area contributed by atoms with Gasteiger partial charge in [0.2, 0.25) is 5.95 Å². The first kappa shape index (κ1) is 12.2. The van der Waals surface area contributed by atoms with Crippen molar-refractivity contribution >= 4 is 34.5 Å². The fraction of sp³-hybridized carbons (Fsp3) is 0.0769. The quantitative estimate of drug-likeness (QED) is 0.567. The molecule has 4 aromatic rings. The second-order valence-corrected chi connectivity index (χ2v) is 5.13. The Labute approximate surface area is 123 Å². The lowest BCUT2D eigenvalue weighted by molar-refractivity contribution is 0.616. The third-order valence-corrected chi connectivity index (χ3v) is 3.68. The first-order valence-electron chi connectivity index (χ1n) is 6.17. The van der Waals surface area contributed by atoms with Crippen LogP contribution < -0.4 is 5.73 Å². The van der Waals surface area contributed by atoms with E-state index in [0.29, 0.717) is 16.8 Å². The molecule has 0 spiro atoms. The van der Waals surface area contributed by atoms with Gasteiger partial charge in [-0.2, -0.15) is 19.5 Å². The Hall–Kier alpha value is -2.61.